The van der Waals surface area contributed by atoms with Crippen LogP contribution in [0.4, 0.5) is 17.1 Å². The van der Waals surface area contributed by atoms with Gasteiger partial charge in [-0.25, -0.2) is 0 Å². The molecule has 0 saturated carbocycles. The zero-order chi connectivity index (χ0) is 20.1. The maximum Gasteiger partial charge on any atom is 0.310 e. The van der Waals surface area contributed by atoms with Crippen molar-refractivity contribution in [3.05, 3.63) is 53.6 Å². The van der Waals surface area contributed by atoms with Crippen molar-refractivity contribution in [2.45, 2.75) is 40.0 Å². The summed E-state index contributed by atoms with van der Waals surface area (Å²) >= 11 is 0. The third kappa shape index (κ3) is 3.48. The van der Waals surface area contributed by atoms with Crippen molar-refractivity contribution in [2.24, 2.45) is 11.3 Å². The third-order valence-corrected chi connectivity index (χ3v) is 6.05. The van der Waals surface area contributed by atoms with Crippen LogP contribution in [0.1, 0.15) is 44.7 Å². The first-order chi connectivity index (χ1) is 13.2. The van der Waals surface area contributed by atoms with E-state index in [-0.39, 0.29) is 11.3 Å². The smallest absolute Gasteiger partial charge is 0.310 e. The molecule has 0 atom stereocenters. The highest BCUT2D eigenvalue weighted by Gasteiger charge is 2.34. The van der Waals surface area contributed by atoms with E-state index in [1.54, 1.807) is 0 Å². The first kappa shape index (κ1) is 18.9. The van der Waals surface area contributed by atoms with Gasteiger partial charge in [-0.3, -0.25) is 4.79 Å². The zero-order valence-electron chi connectivity index (χ0n) is 17.3. The van der Waals surface area contributed by atoms with Crippen LogP contribution in [0.25, 0.3) is 0 Å². The fourth-order valence-corrected chi connectivity index (χ4v) is 4.39. The summed E-state index contributed by atoms with van der Waals surface area (Å²) in [5, 5.41) is 9.15. The number of aliphatic carboxylic acids is 1. The number of carboxylic acids is 1. The van der Waals surface area contributed by atoms with Crippen LogP contribution in [0.5, 0.6) is 0 Å². The quantitative estimate of drug-likeness (QED) is 0.808. The van der Waals surface area contributed by atoms with Crippen LogP contribution in [0.15, 0.2) is 42.5 Å². The molecular weight excluding hydrogens is 348 g/mol. The average Bonchev–Trinajstić information content (AvgIpc) is 2.58. The van der Waals surface area contributed by atoms with E-state index in [1.807, 2.05) is 0 Å². The van der Waals surface area contributed by atoms with Gasteiger partial charge in [0.15, 0.2) is 0 Å². The van der Waals surface area contributed by atoms with Crippen molar-refractivity contribution in [1.29, 1.82) is 0 Å². The largest absolute Gasteiger partial charge is 0.481 e. The highest BCUT2D eigenvalue weighted by atomic mass is 16.4. The van der Waals surface area contributed by atoms with Gasteiger partial charge >= 0.3 is 5.97 Å². The molecule has 1 saturated heterocycles. The Morgan fingerprint density at radius 3 is 2.50 bits per heavy atom. The summed E-state index contributed by atoms with van der Waals surface area (Å²) in [6.07, 6.45) is 1.09. The van der Waals surface area contributed by atoms with E-state index in [4.69, 9.17) is 5.11 Å². The second-order valence-electron chi connectivity index (χ2n) is 9.43. The van der Waals surface area contributed by atoms with Crippen molar-refractivity contribution in [3.8, 4) is 0 Å². The van der Waals surface area contributed by atoms with E-state index >= 15 is 0 Å². The number of carbonyl (C=O) groups is 1. The van der Waals surface area contributed by atoms with Crippen LogP contribution in [0.3, 0.4) is 0 Å². The molecule has 0 bridgehead atoms. The minimum atomic E-state index is -0.694. The number of hydrogen-bond donors (Lipinski definition) is 1. The first-order valence-electron chi connectivity index (χ1n) is 10.2. The van der Waals surface area contributed by atoms with Crippen molar-refractivity contribution in [3.63, 3.8) is 0 Å². The van der Waals surface area contributed by atoms with E-state index in [2.05, 4.69) is 80.0 Å². The lowest BCUT2D eigenvalue weighted by Gasteiger charge is -2.42. The minimum absolute atomic E-state index is 0.198. The highest BCUT2D eigenvalue weighted by Crippen LogP contribution is 2.42. The van der Waals surface area contributed by atoms with Gasteiger partial charge in [-0.05, 0) is 53.1 Å². The molecule has 4 nitrogen and oxygen atoms in total. The summed E-state index contributed by atoms with van der Waals surface area (Å²) in [5.74, 6) is -0.409. The molecule has 2 aromatic rings. The Balaban J connectivity index is 1.66. The SMILES string of the molecule is CC(C)c1ccc2c(c1)CC(C)(C)CN2c1cccc(N2CC(C(=O)O)C2)c1. The van der Waals surface area contributed by atoms with E-state index in [0.29, 0.717) is 19.0 Å². The number of carboxylic acid groups (broad SMARTS) is 1. The normalized spacial score (nSPS) is 18.8. The van der Waals surface area contributed by atoms with E-state index < -0.39 is 5.97 Å². The summed E-state index contributed by atoms with van der Waals surface area (Å²) in [6.45, 7) is 11.3. The monoisotopic (exact) mass is 378 g/mol. The Hall–Kier alpha value is -2.49. The average molecular weight is 379 g/mol. The van der Waals surface area contributed by atoms with Gasteiger partial charge in [0.1, 0.15) is 0 Å². The lowest BCUT2D eigenvalue weighted by Crippen LogP contribution is -2.50. The maximum atomic E-state index is 11.1. The predicted octanol–water partition coefficient (Wildman–Crippen LogP) is 5.05. The van der Waals surface area contributed by atoms with Crippen LogP contribution in [-0.4, -0.2) is 30.7 Å². The molecule has 4 rings (SSSR count). The van der Waals surface area contributed by atoms with E-state index in [9.17, 15) is 4.79 Å². The van der Waals surface area contributed by atoms with Crippen molar-refractivity contribution in [1.82, 2.24) is 0 Å². The standard InChI is InChI=1S/C24H30N2O2/c1-16(2)17-8-9-22-18(10-17)12-24(3,4)15-26(22)21-7-5-6-20(11-21)25-13-19(14-25)23(27)28/h5-11,16,19H,12-15H2,1-4H3,(H,27,28). The Labute approximate surface area is 167 Å². The topological polar surface area (TPSA) is 43.8 Å². The second-order valence-corrected chi connectivity index (χ2v) is 9.43. The molecule has 0 aliphatic carbocycles. The number of nitrogens with zero attached hydrogens (tertiary/aromatic N) is 2. The fourth-order valence-electron chi connectivity index (χ4n) is 4.39. The van der Waals surface area contributed by atoms with E-state index in [1.165, 1.54) is 22.5 Å². The summed E-state index contributed by atoms with van der Waals surface area (Å²) in [5.41, 5.74) is 6.60. The molecule has 0 unspecified atom stereocenters. The van der Waals surface area contributed by atoms with Crippen LogP contribution < -0.4 is 9.80 Å². The molecule has 1 fully saturated rings. The highest BCUT2D eigenvalue weighted by molar-refractivity contribution is 5.76. The third-order valence-electron chi connectivity index (χ3n) is 6.05. The van der Waals surface area contributed by atoms with Gasteiger partial charge in [0.2, 0.25) is 0 Å². The Kier molecular flexibility index (Phi) is 4.60. The summed E-state index contributed by atoms with van der Waals surface area (Å²) in [6, 6.07) is 15.5. The minimum Gasteiger partial charge on any atom is -0.481 e. The lowest BCUT2D eigenvalue weighted by molar-refractivity contribution is -0.142. The number of fused-ring (bicyclic) bond motifs is 1. The van der Waals surface area contributed by atoms with Crippen LogP contribution >= 0.6 is 0 Å². The summed E-state index contributed by atoms with van der Waals surface area (Å²) < 4.78 is 0. The van der Waals surface area contributed by atoms with Crippen LogP contribution in [-0.2, 0) is 11.2 Å². The van der Waals surface area contributed by atoms with Gasteiger partial charge in [-0.2, -0.15) is 0 Å². The molecule has 1 N–H and O–H groups in total. The Bertz CT molecular complexity index is 897. The van der Waals surface area contributed by atoms with Gasteiger partial charge in [-0.1, -0.05) is 45.9 Å². The van der Waals surface area contributed by atoms with E-state index in [0.717, 1.165) is 18.7 Å². The summed E-state index contributed by atoms with van der Waals surface area (Å²) in [7, 11) is 0. The molecule has 148 valence electrons. The van der Waals surface area contributed by atoms with Gasteiger partial charge in [0.05, 0.1) is 5.92 Å². The number of rotatable bonds is 4. The predicted molar refractivity (Wildman–Crippen MR) is 115 cm³/mol. The molecule has 28 heavy (non-hydrogen) atoms. The number of anilines is 3. The van der Waals surface area contributed by atoms with Crippen LogP contribution in [0, 0.1) is 11.3 Å². The van der Waals surface area contributed by atoms with Gasteiger partial charge < -0.3 is 14.9 Å². The molecule has 0 radical (unpaired) electrons. The Morgan fingerprint density at radius 1 is 1.11 bits per heavy atom. The van der Waals surface area contributed by atoms with Gasteiger partial charge in [-0.15, -0.1) is 0 Å². The molecule has 0 spiro atoms. The molecule has 2 aliphatic heterocycles. The van der Waals surface area contributed by atoms with Crippen molar-refractivity contribution < 1.29 is 9.90 Å². The van der Waals surface area contributed by atoms with Gasteiger partial charge in [0, 0.05) is 36.7 Å². The molecule has 2 heterocycles. The second kappa shape index (κ2) is 6.84. The van der Waals surface area contributed by atoms with Gasteiger partial charge in [0.25, 0.3) is 0 Å². The summed E-state index contributed by atoms with van der Waals surface area (Å²) in [4.78, 5) is 15.7. The van der Waals surface area contributed by atoms with Crippen molar-refractivity contribution in [2.75, 3.05) is 29.4 Å². The molecule has 4 heteroatoms. The Morgan fingerprint density at radius 2 is 1.82 bits per heavy atom. The zero-order valence-corrected chi connectivity index (χ0v) is 17.3. The molecule has 2 aromatic carbocycles. The lowest BCUT2D eigenvalue weighted by atomic mass is 9.80. The fraction of sp³-hybridized carbons (Fsp3) is 0.458. The molecular formula is C24H30N2O2. The molecule has 0 amide bonds. The van der Waals surface area contributed by atoms with Crippen molar-refractivity contribution >= 4 is 23.0 Å². The van der Waals surface area contributed by atoms with Crippen LogP contribution in [0.2, 0.25) is 0 Å². The molecule has 0 aromatic heterocycles. The maximum absolute atomic E-state index is 11.1. The number of benzene rings is 2. The first-order valence-corrected chi connectivity index (χ1v) is 10.2. The number of hydrogen-bond acceptors (Lipinski definition) is 3. The molecule has 2 aliphatic rings.